The highest BCUT2D eigenvalue weighted by atomic mass is 19.2. The van der Waals surface area contributed by atoms with Gasteiger partial charge in [-0.15, -0.1) is 0 Å². The fourth-order valence-corrected chi connectivity index (χ4v) is 2.81. The molecule has 0 saturated carbocycles. The van der Waals surface area contributed by atoms with Crippen molar-refractivity contribution in [3.63, 3.8) is 0 Å². The van der Waals surface area contributed by atoms with Crippen molar-refractivity contribution in [1.82, 2.24) is 0 Å². The number of halogens is 2. The number of aryl methyl sites for hydroxylation is 1. The second-order valence-electron chi connectivity index (χ2n) is 5.33. The predicted octanol–water partition coefficient (Wildman–Crippen LogP) is 3.58. The summed E-state index contributed by atoms with van der Waals surface area (Å²) in [5.41, 5.74) is 2.31. The van der Waals surface area contributed by atoms with Gasteiger partial charge < -0.3 is 5.32 Å². The number of Topliss-reactive ketones (excluding diaryl/α,β-unsaturated/α-hetero) is 1. The first kappa shape index (κ1) is 14.4. The van der Waals surface area contributed by atoms with E-state index in [-0.39, 0.29) is 17.9 Å². The molecular formula is C17H13F2NO2. The monoisotopic (exact) mass is 301 g/mol. The van der Waals surface area contributed by atoms with Gasteiger partial charge in [-0.2, -0.15) is 0 Å². The zero-order chi connectivity index (χ0) is 15.9. The number of nitrogens with one attached hydrogen (secondary N) is 1. The number of hydrogen-bond donors (Lipinski definition) is 1. The predicted molar refractivity (Wildman–Crippen MR) is 77.9 cm³/mol. The van der Waals surface area contributed by atoms with E-state index in [0.29, 0.717) is 11.1 Å². The molecule has 0 fully saturated rings. The molecule has 22 heavy (non-hydrogen) atoms. The van der Waals surface area contributed by atoms with Crippen LogP contribution in [0, 0.1) is 18.6 Å². The second-order valence-corrected chi connectivity index (χ2v) is 5.33. The highest BCUT2D eigenvalue weighted by Gasteiger charge is 2.35. The summed E-state index contributed by atoms with van der Waals surface area (Å²) in [5, 5.41) is 2.54. The molecule has 0 saturated heterocycles. The summed E-state index contributed by atoms with van der Waals surface area (Å²) in [4.78, 5) is 24.4. The maximum Gasteiger partial charge on any atom is 0.232 e. The molecule has 2 aromatic rings. The summed E-state index contributed by atoms with van der Waals surface area (Å²) in [6.07, 6.45) is 0.0930. The molecule has 0 aromatic heterocycles. The van der Waals surface area contributed by atoms with Gasteiger partial charge in [0, 0.05) is 23.7 Å². The van der Waals surface area contributed by atoms with Crippen LogP contribution in [0.25, 0.3) is 0 Å². The summed E-state index contributed by atoms with van der Waals surface area (Å²) >= 11 is 0. The number of carbonyl (C=O) groups is 2. The van der Waals surface area contributed by atoms with Crippen LogP contribution < -0.4 is 5.32 Å². The van der Waals surface area contributed by atoms with Gasteiger partial charge in [0.2, 0.25) is 5.91 Å². The van der Waals surface area contributed by atoms with Crippen LogP contribution in [0.5, 0.6) is 0 Å². The molecule has 1 amide bonds. The molecule has 1 N–H and O–H groups in total. The van der Waals surface area contributed by atoms with Gasteiger partial charge in [-0.25, -0.2) is 8.78 Å². The summed E-state index contributed by atoms with van der Waals surface area (Å²) in [7, 11) is 0. The maximum absolute atomic E-state index is 13.2. The summed E-state index contributed by atoms with van der Waals surface area (Å²) < 4.78 is 26.1. The van der Waals surface area contributed by atoms with Crippen molar-refractivity contribution in [3.05, 3.63) is 64.7 Å². The standard InChI is InChI=1S/C17H13F2NO2/c1-9-3-2-4-11-15(21)8-12(16(9)11)17(22)20-10-5-6-13(18)14(19)7-10/h2-7,12H,8H2,1H3,(H,20,22). The average molecular weight is 301 g/mol. The molecule has 3 rings (SSSR count). The van der Waals surface area contributed by atoms with E-state index in [1.54, 1.807) is 12.1 Å². The fourth-order valence-electron chi connectivity index (χ4n) is 2.81. The molecule has 1 atom stereocenters. The molecular weight excluding hydrogens is 288 g/mol. The lowest BCUT2D eigenvalue weighted by Gasteiger charge is -2.13. The van der Waals surface area contributed by atoms with Gasteiger partial charge in [-0.3, -0.25) is 9.59 Å². The fraction of sp³-hybridized carbons (Fsp3) is 0.176. The molecule has 0 heterocycles. The van der Waals surface area contributed by atoms with Crippen LogP contribution in [0.2, 0.25) is 0 Å². The number of carbonyl (C=O) groups excluding carboxylic acids is 2. The Hall–Kier alpha value is -2.56. The second kappa shape index (κ2) is 5.33. The molecule has 5 heteroatoms. The van der Waals surface area contributed by atoms with Gasteiger partial charge >= 0.3 is 0 Å². The van der Waals surface area contributed by atoms with Gasteiger partial charge in [0.25, 0.3) is 0 Å². The Labute approximate surface area is 126 Å². The van der Waals surface area contributed by atoms with Gasteiger partial charge in [0.05, 0.1) is 5.92 Å². The molecule has 112 valence electrons. The van der Waals surface area contributed by atoms with Crippen LogP contribution in [-0.4, -0.2) is 11.7 Å². The minimum Gasteiger partial charge on any atom is -0.325 e. The maximum atomic E-state index is 13.2. The summed E-state index contributed by atoms with van der Waals surface area (Å²) in [6.45, 7) is 1.84. The van der Waals surface area contributed by atoms with Gasteiger partial charge in [-0.05, 0) is 30.2 Å². The lowest BCUT2D eigenvalue weighted by molar-refractivity contribution is -0.117. The Morgan fingerprint density at radius 1 is 1.18 bits per heavy atom. The molecule has 1 aliphatic rings. The van der Waals surface area contributed by atoms with Crippen LogP contribution in [0.15, 0.2) is 36.4 Å². The third-order valence-corrected chi connectivity index (χ3v) is 3.87. The van der Waals surface area contributed by atoms with Crippen LogP contribution in [0.3, 0.4) is 0 Å². The lowest BCUT2D eigenvalue weighted by atomic mass is 9.96. The molecule has 0 radical (unpaired) electrons. The molecule has 2 aromatic carbocycles. The van der Waals surface area contributed by atoms with E-state index in [4.69, 9.17) is 0 Å². The van der Waals surface area contributed by atoms with E-state index in [9.17, 15) is 18.4 Å². The summed E-state index contributed by atoms with van der Waals surface area (Å²) in [6, 6.07) is 8.48. The van der Waals surface area contributed by atoms with Crippen molar-refractivity contribution in [3.8, 4) is 0 Å². The minimum absolute atomic E-state index is 0.0795. The third kappa shape index (κ3) is 2.39. The van der Waals surface area contributed by atoms with Gasteiger partial charge in [0.15, 0.2) is 17.4 Å². The minimum atomic E-state index is -1.03. The Kier molecular flexibility index (Phi) is 3.48. The lowest BCUT2D eigenvalue weighted by Crippen LogP contribution is -2.20. The van der Waals surface area contributed by atoms with Crippen molar-refractivity contribution >= 4 is 17.4 Å². The summed E-state index contributed by atoms with van der Waals surface area (Å²) in [5.74, 6) is -3.08. The Morgan fingerprint density at radius 3 is 2.68 bits per heavy atom. The average Bonchev–Trinajstić information content (AvgIpc) is 2.82. The molecule has 1 aliphatic carbocycles. The molecule has 0 spiro atoms. The highest BCUT2D eigenvalue weighted by Crippen LogP contribution is 2.36. The van der Waals surface area contributed by atoms with Crippen molar-refractivity contribution in [2.75, 3.05) is 5.32 Å². The van der Waals surface area contributed by atoms with Crippen LogP contribution >= 0.6 is 0 Å². The number of fused-ring (bicyclic) bond motifs is 1. The Balaban J connectivity index is 1.88. The van der Waals surface area contributed by atoms with Crippen molar-refractivity contribution in [2.24, 2.45) is 0 Å². The smallest absolute Gasteiger partial charge is 0.232 e. The first-order chi connectivity index (χ1) is 10.5. The number of rotatable bonds is 2. The Morgan fingerprint density at radius 2 is 1.95 bits per heavy atom. The van der Waals surface area contributed by atoms with E-state index in [0.717, 1.165) is 17.7 Å². The van der Waals surface area contributed by atoms with E-state index in [1.807, 2.05) is 13.0 Å². The zero-order valence-corrected chi connectivity index (χ0v) is 11.8. The van der Waals surface area contributed by atoms with E-state index in [1.165, 1.54) is 6.07 Å². The van der Waals surface area contributed by atoms with Gasteiger partial charge in [-0.1, -0.05) is 18.2 Å². The number of ketones is 1. The Bertz CT molecular complexity index is 786. The van der Waals surface area contributed by atoms with E-state index >= 15 is 0 Å². The topological polar surface area (TPSA) is 46.2 Å². The zero-order valence-electron chi connectivity index (χ0n) is 11.8. The molecule has 1 unspecified atom stereocenters. The quantitative estimate of drug-likeness (QED) is 0.921. The molecule has 3 nitrogen and oxygen atoms in total. The number of benzene rings is 2. The van der Waals surface area contributed by atoms with Gasteiger partial charge in [0.1, 0.15) is 0 Å². The first-order valence-electron chi connectivity index (χ1n) is 6.86. The molecule has 0 aliphatic heterocycles. The normalized spacial score (nSPS) is 16.5. The highest BCUT2D eigenvalue weighted by molar-refractivity contribution is 6.09. The van der Waals surface area contributed by atoms with Crippen molar-refractivity contribution in [2.45, 2.75) is 19.3 Å². The van der Waals surface area contributed by atoms with Crippen LogP contribution in [0.1, 0.15) is 33.8 Å². The van der Waals surface area contributed by atoms with Crippen LogP contribution in [-0.2, 0) is 4.79 Å². The SMILES string of the molecule is Cc1cccc2c1C(C(=O)Nc1ccc(F)c(F)c1)CC2=O. The van der Waals surface area contributed by atoms with Crippen molar-refractivity contribution in [1.29, 1.82) is 0 Å². The number of amides is 1. The van der Waals surface area contributed by atoms with E-state index in [2.05, 4.69) is 5.32 Å². The molecule has 0 bridgehead atoms. The largest absolute Gasteiger partial charge is 0.325 e. The third-order valence-electron chi connectivity index (χ3n) is 3.87. The first-order valence-corrected chi connectivity index (χ1v) is 6.86. The number of anilines is 1. The van der Waals surface area contributed by atoms with E-state index < -0.39 is 23.5 Å². The number of hydrogen-bond acceptors (Lipinski definition) is 2. The van der Waals surface area contributed by atoms with Crippen LogP contribution in [0.4, 0.5) is 14.5 Å². The van der Waals surface area contributed by atoms with Crippen molar-refractivity contribution < 1.29 is 18.4 Å².